The summed E-state index contributed by atoms with van der Waals surface area (Å²) in [6, 6.07) is 0. The maximum absolute atomic E-state index is 11.2. The van der Waals surface area contributed by atoms with E-state index < -0.39 is 29.2 Å². The predicted molar refractivity (Wildman–Crippen MR) is 54.9 cm³/mol. The second-order valence-electron chi connectivity index (χ2n) is 2.81. The summed E-state index contributed by atoms with van der Waals surface area (Å²) in [6.07, 6.45) is 0.314. The van der Waals surface area contributed by atoms with Crippen molar-refractivity contribution >= 4 is 17.7 Å². The lowest BCUT2D eigenvalue weighted by Gasteiger charge is -2.04. The summed E-state index contributed by atoms with van der Waals surface area (Å²) in [7, 11) is -8.12. The van der Waals surface area contributed by atoms with Crippen LogP contribution in [-0.2, 0) is 17.7 Å². The molecule has 0 aliphatic rings. The molecule has 0 heterocycles. The molecule has 0 saturated carbocycles. The summed E-state index contributed by atoms with van der Waals surface area (Å²) in [5.74, 6) is -0.813. The molecule has 6 nitrogen and oxygen atoms in total. The fraction of sp³-hybridized carbons (Fsp3) is 1.00. The van der Waals surface area contributed by atoms with Crippen LogP contribution in [0.5, 0.6) is 0 Å². The molecule has 0 atom stereocenters. The minimum Gasteiger partial charge on any atom is -0.330 e. The average Bonchev–Trinajstić information content (AvgIpc) is 2.11. The first kappa shape index (κ1) is 13.8. The van der Waals surface area contributed by atoms with Gasteiger partial charge in [-0.2, -0.15) is 0 Å². The summed E-state index contributed by atoms with van der Waals surface area (Å²) >= 11 is 0. The Morgan fingerprint density at radius 3 is 1.21 bits per heavy atom. The third-order valence-electron chi connectivity index (χ3n) is 1.58. The van der Waals surface area contributed by atoms with Crippen molar-refractivity contribution in [1.29, 1.82) is 0 Å². The van der Waals surface area contributed by atoms with Gasteiger partial charge in [0.15, 0.2) is 0 Å². The first-order valence-electron chi connectivity index (χ1n) is 4.23. The van der Waals surface area contributed by atoms with Gasteiger partial charge in [-0.1, -0.05) is 0 Å². The van der Waals surface area contributed by atoms with Gasteiger partial charge in [-0.15, -0.1) is 0 Å². The van der Waals surface area contributed by atoms with Gasteiger partial charge in [0.25, 0.3) is 17.7 Å². The smallest absolute Gasteiger partial charge is 0.253 e. The van der Waals surface area contributed by atoms with E-state index in [0.29, 0.717) is 0 Å². The second-order valence-corrected chi connectivity index (χ2v) is 8.90. The Morgan fingerprint density at radius 2 is 1.00 bits per heavy atom. The minimum absolute atomic E-state index is 0.157. The molecule has 4 N–H and O–H groups in total. The maximum Gasteiger partial charge on any atom is 0.253 e. The van der Waals surface area contributed by atoms with E-state index in [0.717, 1.165) is 0 Å². The summed E-state index contributed by atoms with van der Waals surface area (Å²) in [6.45, 7) is 0.317. The Kier molecular flexibility index (Phi) is 5.57. The fourth-order valence-corrected chi connectivity index (χ4v) is 4.55. The Bertz CT molecular complexity index is 310. The van der Waals surface area contributed by atoms with Crippen molar-refractivity contribution in [3.8, 4) is 0 Å². The van der Waals surface area contributed by atoms with Gasteiger partial charge < -0.3 is 11.5 Å². The molecule has 14 heavy (non-hydrogen) atoms. The lowest BCUT2D eigenvalue weighted by Crippen LogP contribution is -2.24. The molecule has 0 spiro atoms. The fourth-order valence-electron chi connectivity index (χ4n) is 0.774. The molecule has 0 bridgehead atoms. The van der Waals surface area contributed by atoms with Gasteiger partial charge in [0.2, 0.25) is 0 Å². The van der Waals surface area contributed by atoms with Gasteiger partial charge in [-0.25, -0.2) is 16.8 Å². The van der Waals surface area contributed by atoms with Crippen LogP contribution in [0.4, 0.5) is 0 Å². The lowest BCUT2D eigenvalue weighted by molar-refractivity contribution is 0.580. The lowest BCUT2D eigenvalue weighted by atomic mass is 10.5. The van der Waals surface area contributed by atoms with Crippen LogP contribution in [-0.4, -0.2) is 41.4 Å². The predicted octanol–water partition coefficient (Wildman–Crippen LogP) is -1.57. The van der Waals surface area contributed by atoms with Crippen LogP contribution in [0.25, 0.3) is 0 Å². The quantitative estimate of drug-likeness (QED) is 0.522. The Labute approximate surface area is 83.9 Å². The van der Waals surface area contributed by atoms with E-state index in [1.54, 1.807) is 0 Å². The number of hydrogen-bond acceptors (Lipinski definition) is 6. The molecule has 0 aromatic heterocycles. The summed E-state index contributed by atoms with van der Waals surface area (Å²) < 4.78 is 44.9. The first-order valence-corrected chi connectivity index (χ1v) is 8.05. The normalized spacial score (nSPS) is 13.0. The van der Waals surface area contributed by atoms with Gasteiger partial charge in [-0.05, 0) is 25.9 Å². The third-order valence-corrected chi connectivity index (χ3v) is 7.26. The Hall–Kier alpha value is -0.180. The molecular formula is C6H16N2O4S2. The molecule has 0 rings (SSSR count). The molecule has 0 aromatic rings. The van der Waals surface area contributed by atoms with Gasteiger partial charge in [0, 0.05) is 0 Å². The maximum atomic E-state index is 11.2. The highest BCUT2D eigenvalue weighted by atomic mass is 33.2. The van der Waals surface area contributed by atoms with Crippen LogP contribution in [0.15, 0.2) is 0 Å². The Balaban J connectivity index is 4.55. The van der Waals surface area contributed by atoms with Crippen LogP contribution in [0.2, 0.25) is 0 Å². The SMILES string of the molecule is NCCCS(=O)(=O)S(=O)(=O)CCCN. The molecular weight excluding hydrogens is 228 g/mol. The van der Waals surface area contributed by atoms with Crippen LogP contribution in [0, 0.1) is 0 Å². The zero-order chi connectivity index (χ0) is 11.2. The molecule has 0 radical (unpaired) electrons. The van der Waals surface area contributed by atoms with E-state index in [9.17, 15) is 16.8 Å². The minimum atomic E-state index is -4.06. The van der Waals surface area contributed by atoms with E-state index in [-0.39, 0.29) is 25.9 Å². The van der Waals surface area contributed by atoms with Crippen molar-refractivity contribution in [3.63, 3.8) is 0 Å². The molecule has 0 fully saturated rings. The van der Waals surface area contributed by atoms with Crippen molar-refractivity contribution in [1.82, 2.24) is 0 Å². The van der Waals surface area contributed by atoms with Crippen molar-refractivity contribution in [2.75, 3.05) is 24.6 Å². The highest BCUT2D eigenvalue weighted by Crippen LogP contribution is 2.07. The highest BCUT2D eigenvalue weighted by Gasteiger charge is 2.27. The van der Waals surface area contributed by atoms with E-state index in [2.05, 4.69) is 0 Å². The van der Waals surface area contributed by atoms with Crippen LogP contribution >= 0.6 is 0 Å². The number of nitrogens with two attached hydrogens (primary N) is 2. The molecule has 0 aromatic carbocycles. The summed E-state index contributed by atoms with van der Waals surface area (Å²) in [5.41, 5.74) is 10.2. The molecule has 0 aliphatic carbocycles. The van der Waals surface area contributed by atoms with Crippen molar-refractivity contribution < 1.29 is 16.8 Å². The average molecular weight is 244 g/mol. The van der Waals surface area contributed by atoms with Crippen molar-refractivity contribution in [3.05, 3.63) is 0 Å². The number of rotatable bonds is 7. The topological polar surface area (TPSA) is 120 Å². The molecule has 0 aliphatic heterocycles. The van der Waals surface area contributed by atoms with Crippen molar-refractivity contribution in [2.24, 2.45) is 11.5 Å². The number of hydrogen-bond donors (Lipinski definition) is 2. The van der Waals surface area contributed by atoms with Crippen LogP contribution in [0.3, 0.4) is 0 Å². The molecule has 0 saturated heterocycles. The van der Waals surface area contributed by atoms with Gasteiger partial charge in [-0.3, -0.25) is 0 Å². The molecule has 86 valence electrons. The van der Waals surface area contributed by atoms with E-state index in [4.69, 9.17) is 11.5 Å². The molecule has 0 amide bonds. The monoisotopic (exact) mass is 244 g/mol. The van der Waals surface area contributed by atoms with Crippen LogP contribution in [0.1, 0.15) is 12.8 Å². The van der Waals surface area contributed by atoms with E-state index in [1.165, 1.54) is 0 Å². The Morgan fingerprint density at radius 1 is 0.714 bits per heavy atom. The zero-order valence-corrected chi connectivity index (χ0v) is 9.48. The van der Waals surface area contributed by atoms with Gasteiger partial charge in [0.1, 0.15) is 0 Å². The molecule has 0 unspecified atom stereocenters. The second kappa shape index (κ2) is 5.64. The highest BCUT2D eigenvalue weighted by molar-refractivity contribution is 8.67. The van der Waals surface area contributed by atoms with E-state index >= 15 is 0 Å². The molecule has 8 heteroatoms. The summed E-state index contributed by atoms with van der Waals surface area (Å²) in [4.78, 5) is 0. The van der Waals surface area contributed by atoms with E-state index in [1.807, 2.05) is 0 Å². The van der Waals surface area contributed by atoms with Gasteiger partial charge in [0.05, 0.1) is 11.5 Å². The summed E-state index contributed by atoms with van der Waals surface area (Å²) in [5, 5.41) is 0. The largest absolute Gasteiger partial charge is 0.330 e. The van der Waals surface area contributed by atoms with Crippen LogP contribution < -0.4 is 11.5 Å². The van der Waals surface area contributed by atoms with Crippen molar-refractivity contribution in [2.45, 2.75) is 12.8 Å². The zero-order valence-electron chi connectivity index (χ0n) is 7.85. The first-order chi connectivity index (χ1) is 6.37. The third kappa shape index (κ3) is 3.91. The standard InChI is InChI=1S/C6H16N2O4S2/c7-3-1-5-13(9,10)14(11,12)6-2-4-8/h1-8H2. The van der Waals surface area contributed by atoms with Gasteiger partial charge >= 0.3 is 0 Å².